The van der Waals surface area contributed by atoms with Crippen LogP contribution in [0, 0.1) is 13.8 Å². The lowest BCUT2D eigenvalue weighted by Gasteiger charge is -2.46. The first-order valence-electron chi connectivity index (χ1n) is 16.8. The molecule has 0 aromatic heterocycles. The number of rotatable bonds is 18. The Morgan fingerprint density at radius 2 is 1.77 bits per heavy atom. The van der Waals surface area contributed by atoms with Crippen LogP contribution in [0.2, 0.25) is 0 Å². The fraction of sp³-hybridized carbons (Fsp3) is 0.486. The number of esters is 2. The molecule has 0 saturated carbocycles. The number of benzene rings is 2. The van der Waals surface area contributed by atoms with Crippen molar-refractivity contribution in [2.75, 3.05) is 60.8 Å². The molecule has 0 bridgehead atoms. The van der Waals surface area contributed by atoms with Crippen LogP contribution >= 0.6 is 0 Å². The molecule has 0 saturated heterocycles. The van der Waals surface area contributed by atoms with E-state index in [9.17, 15) is 19.5 Å². The number of nitrogens with one attached hydrogen (secondary N) is 1. The van der Waals surface area contributed by atoms with Gasteiger partial charge in [-0.25, -0.2) is 9.59 Å². The smallest absolute Gasteiger partial charge is 0.411 e. The van der Waals surface area contributed by atoms with Crippen molar-refractivity contribution in [2.24, 2.45) is 0 Å². The average Bonchev–Trinajstić information content (AvgIpc) is 3.63. The van der Waals surface area contributed by atoms with Gasteiger partial charge in [0.2, 0.25) is 6.79 Å². The van der Waals surface area contributed by atoms with E-state index in [4.69, 9.17) is 42.6 Å². The van der Waals surface area contributed by atoms with Crippen molar-refractivity contribution in [2.45, 2.75) is 58.3 Å². The van der Waals surface area contributed by atoms with Crippen molar-refractivity contribution in [3.63, 3.8) is 0 Å². The quantitative estimate of drug-likeness (QED) is 0.0978. The van der Waals surface area contributed by atoms with Gasteiger partial charge in [0.05, 0.1) is 38.4 Å². The van der Waals surface area contributed by atoms with Crippen molar-refractivity contribution in [1.82, 2.24) is 10.2 Å². The average molecular weight is 729 g/mol. The standard InChI is InChI=1S/C37H48N2O13/c1-9-12-47-35-29-24(14-21(4)32(35)45-8)15-25(18-49-23(6)41)39(37(43)48-13-10-2)31(29)27(17-40)38-30(36(42)46-11-3)26-16-28(50-19-44-7)22(5)33-34(26)52-20-51-33/h9-10,14,16,25,27,30-31,38,40H,1-2,11-13,15,17-20H2,3-8H3/t25-,27-,30+,31-/m0/s1. The lowest BCUT2D eigenvalue weighted by molar-refractivity contribution is -0.147. The normalized spacial score (nSPS) is 16.9. The van der Waals surface area contributed by atoms with Crippen molar-refractivity contribution >= 4 is 18.0 Å². The van der Waals surface area contributed by atoms with Gasteiger partial charge in [-0.3, -0.25) is 15.0 Å². The maximum Gasteiger partial charge on any atom is 0.411 e. The van der Waals surface area contributed by atoms with Crippen LogP contribution in [0.5, 0.6) is 28.7 Å². The summed E-state index contributed by atoms with van der Waals surface area (Å²) in [5.74, 6) is 0.421. The van der Waals surface area contributed by atoms with Crippen LogP contribution in [0.3, 0.4) is 0 Å². The Morgan fingerprint density at radius 1 is 1.04 bits per heavy atom. The fourth-order valence-corrected chi connectivity index (χ4v) is 6.47. The van der Waals surface area contributed by atoms with Gasteiger partial charge in [0.1, 0.15) is 31.6 Å². The molecule has 4 rings (SSSR count). The summed E-state index contributed by atoms with van der Waals surface area (Å²) in [6.07, 6.45) is 2.40. The molecule has 0 spiro atoms. The second-order valence-electron chi connectivity index (χ2n) is 12.0. The number of amides is 1. The Morgan fingerprint density at radius 3 is 2.40 bits per heavy atom. The van der Waals surface area contributed by atoms with Crippen molar-refractivity contribution in [1.29, 1.82) is 0 Å². The van der Waals surface area contributed by atoms with Gasteiger partial charge >= 0.3 is 18.0 Å². The van der Waals surface area contributed by atoms with Crippen molar-refractivity contribution < 1.29 is 62.1 Å². The zero-order valence-electron chi connectivity index (χ0n) is 30.5. The molecule has 52 heavy (non-hydrogen) atoms. The van der Waals surface area contributed by atoms with E-state index in [1.54, 1.807) is 26.0 Å². The molecule has 4 atom stereocenters. The highest BCUT2D eigenvalue weighted by molar-refractivity contribution is 5.80. The third-order valence-electron chi connectivity index (χ3n) is 8.55. The molecular weight excluding hydrogens is 680 g/mol. The minimum Gasteiger partial charge on any atom is -0.493 e. The molecule has 0 unspecified atom stereocenters. The molecule has 2 aromatic rings. The summed E-state index contributed by atoms with van der Waals surface area (Å²) in [6, 6.07) is -0.812. The molecule has 15 nitrogen and oxygen atoms in total. The molecular formula is C37H48N2O13. The van der Waals surface area contributed by atoms with Gasteiger partial charge in [-0.05, 0) is 44.4 Å². The summed E-state index contributed by atoms with van der Waals surface area (Å²) in [5.41, 5.74) is 2.85. The largest absolute Gasteiger partial charge is 0.493 e. The van der Waals surface area contributed by atoms with E-state index in [1.165, 1.54) is 32.1 Å². The fourth-order valence-electron chi connectivity index (χ4n) is 6.47. The summed E-state index contributed by atoms with van der Waals surface area (Å²) in [6.45, 7) is 13.0. The summed E-state index contributed by atoms with van der Waals surface area (Å²) in [4.78, 5) is 41.4. The highest BCUT2D eigenvalue weighted by Crippen LogP contribution is 2.49. The predicted octanol–water partition coefficient (Wildman–Crippen LogP) is 4.00. The molecule has 2 aliphatic rings. The summed E-state index contributed by atoms with van der Waals surface area (Å²) >= 11 is 0. The second kappa shape index (κ2) is 18.5. The number of hydrogen-bond donors (Lipinski definition) is 2. The highest BCUT2D eigenvalue weighted by Gasteiger charge is 2.47. The molecule has 2 aromatic carbocycles. The molecule has 0 aliphatic carbocycles. The van der Waals surface area contributed by atoms with E-state index >= 15 is 0 Å². The molecule has 2 heterocycles. The third kappa shape index (κ3) is 8.54. The van der Waals surface area contributed by atoms with Gasteiger partial charge in [-0.15, -0.1) is 0 Å². The predicted molar refractivity (Wildman–Crippen MR) is 187 cm³/mol. The van der Waals surface area contributed by atoms with Crippen LogP contribution in [0.4, 0.5) is 4.79 Å². The zero-order valence-corrected chi connectivity index (χ0v) is 30.5. The third-order valence-corrected chi connectivity index (χ3v) is 8.55. The number of aryl methyl sites for hydroxylation is 1. The van der Waals surface area contributed by atoms with Crippen LogP contribution in [0.15, 0.2) is 37.4 Å². The summed E-state index contributed by atoms with van der Waals surface area (Å²) in [7, 11) is 2.97. The lowest BCUT2D eigenvalue weighted by Crippen LogP contribution is -2.57. The Balaban J connectivity index is 1.99. The maximum atomic E-state index is 14.1. The van der Waals surface area contributed by atoms with E-state index in [-0.39, 0.29) is 52.2 Å². The number of fused-ring (bicyclic) bond motifs is 2. The lowest BCUT2D eigenvalue weighted by atomic mass is 9.82. The van der Waals surface area contributed by atoms with Gasteiger partial charge in [0, 0.05) is 30.7 Å². The number of ether oxygens (including phenoxy) is 9. The molecule has 0 radical (unpaired) electrons. The monoisotopic (exact) mass is 728 g/mol. The molecule has 1 amide bonds. The van der Waals surface area contributed by atoms with Crippen LogP contribution in [0.25, 0.3) is 0 Å². The maximum absolute atomic E-state index is 14.1. The molecule has 284 valence electrons. The number of aliphatic hydroxyl groups is 1. The van der Waals surface area contributed by atoms with Crippen LogP contribution < -0.4 is 29.0 Å². The number of carbonyl (C=O) groups is 3. The molecule has 0 fully saturated rings. The van der Waals surface area contributed by atoms with Gasteiger partial charge < -0.3 is 47.7 Å². The Kier molecular flexibility index (Phi) is 14.1. The van der Waals surface area contributed by atoms with E-state index < -0.39 is 48.8 Å². The number of hydrogen-bond acceptors (Lipinski definition) is 14. The highest BCUT2D eigenvalue weighted by atomic mass is 16.7. The first-order valence-corrected chi connectivity index (χ1v) is 16.8. The number of aliphatic hydroxyl groups excluding tert-OH is 1. The number of carbonyl (C=O) groups excluding carboxylic acids is 3. The first kappa shape index (κ1) is 39.8. The van der Waals surface area contributed by atoms with Crippen LogP contribution in [-0.4, -0.2) is 101 Å². The van der Waals surface area contributed by atoms with Crippen LogP contribution in [0.1, 0.15) is 53.7 Å². The number of nitrogens with zero attached hydrogens (tertiary/aromatic N) is 1. The zero-order chi connectivity index (χ0) is 37.9. The number of methoxy groups -OCH3 is 2. The van der Waals surface area contributed by atoms with E-state index in [1.807, 2.05) is 13.0 Å². The Hall–Kier alpha value is -4.99. The van der Waals surface area contributed by atoms with E-state index in [2.05, 4.69) is 18.5 Å². The minimum absolute atomic E-state index is 0.0337. The SMILES string of the molecule is C=CCOC(=O)N1[C@H](COC(C)=O)Cc2cc(C)c(OC)c(OCC=C)c2[C@@H]1[C@H](CO)N[C@@H](C(=O)OCC)c1cc(OCOC)c(C)c2c1OCO2. The topological polar surface area (TPSA) is 170 Å². The van der Waals surface area contributed by atoms with Gasteiger partial charge in [-0.1, -0.05) is 31.4 Å². The molecule has 2 N–H and O–H groups in total. The van der Waals surface area contributed by atoms with Gasteiger partial charge in [0.15, 0.2) is 29.8 Å². The molecule has 15 heteroatoms. The summed E-state index contributed by atoms with van der Waals surface area (Å²) in [5, 5.41) is 14.5. The summed E-state index contributed by atoms with van der Waals surface area (Å²) < 4.78 is 51.2. The Labute approximate surface area is 303 Å². The Bertz CT molecular complexity index is 1630. The van der Waals surface area contributed by atoms with Crippen LogP contribution in [-0.2, 0) is 35.0 Å². The minimum atomic E-state index is -1.30. The van der Waals surface area contributed by atoms with Gasteiger partial charge in [0.25, 0.3) is 0 Å². The van der Waals surface area contributed by atoms with Crippen molar-refractivity contribution in [3.05, 3.63) is 65.3 Å². The molecule has 2 aliphatic heterocycles. The second-order valence-corrected chi connectivity index (χ2v) is 12.0. The van der Waals surface area contributed by atoms with E-state index in [0.29, 0.717) is 39.7 Å². The first-order chi connectivity index (χ1) is 25.1. The van der Waals surface area contributed by atoms with E-state index in [0.717, 1.165) is 11.1 Å². The van der Waals surface area contributed by atoms with Gasteiger partial charge in [-0.2, -0.15) is 0 Å². The van der Waals surface area contributed by atoms with Crippen molar-refractivity contribution in [3.8, 4) is 28.7 Å².